The van der Waals surface area contributed by atoms with Crippen molar-refractivity contribution >= 4 is 63.7 Å². The number of thioether (sulfide) groups is 1. The molecular weight excluding hydrogens is 484 g/mol. The number of halogens is 3. The summed E-state index contributed by atoms with van der Waals surface area (Å²) in [5, 5.41) is 1.01. The summed E-state index contributed by atoms with van der Waals surface area (Å²) in [6.07, 6.45) is 3.66. The van der Waals surface area contributed by atoms with Crippen LogP contribution in [0.2, 0.25) is 10.0 Å². The molecule has 0 spiro atoms. The number of amidine groups is 1. The summed E-state index contributed by atoms with van der Waals surface area (Å²) in [6.45, 7) is 3.59. The second kappa shape index (κ2) is 10.3. The number of likely N-dealkylation sites (tertiary alicyclic amines) is 1. The Kier molecular flexibility index (Phi) is 7.41. The zero-order valence-corrected chi connectivity index (χ0v) is 20.3. The third kappa shape index (κ3) is 5.42. The molecule has 9 heteroatoms. The van der Waals surface area contributed by atoms with Crippen molar-refractivity contribution in [3.63, 3.8) is 0 Å². The van der Waals surface area contributed by atoms with E-state index in [1.165, 1.54) is 17.0 Å². The topological polar surface area (TPSA) is 53.0 Å². The van der Waals surface area contributed by atoms with E-state index in [9.17, 15) is 14.0 Å². The monoisotopic (exact) mass is 505 g/mol. The second-order valence-electron chi connectivity index (χ2n) is 8.07. The molecule has 2 aromatic carbocycles. The largest absolute Gasteiger partial charge is 0.342 e. The lowest BCUT2D eigenvalue weighted by Crippen LogP contribution is -2.40. The average molecular weight is 506 g/mol. The van der Waals surface area contributed by atoms with Crippen molar-refractivity contribution in [3.8, 4) is 0 Å². The number of hydrogen-bond acceptors (Lipinski definition) is 4. The first-order valence-corrected chi connectivity index (χ1v) is 12.3. The van der Waals surface area contributed by atoms with Gasteiger partial charge in [-0.25, -0.2) is 9.38 Å². The molecule has 1 unspecified atom stereocenters. The number of carbonyl (C=O) groups excluding carboxylic acids is 2. The van der Waals surface area contributed by atoms with Gasteiger partial charge in [-0.05, 0) is 54.7 Å². The van der Waals surface area contributed by atoms with Crippen molar-refractivity contribution in [2.45, 2.75) is 19.8 Å². The van der Waals surface area contributed by atoms with Gasteiger partial charge in [-0.3, -0.25) is 14.5 Å². The van der Waals surface area contributed by atoms with Gasteiger partial charge in [-0.2, -0.15) is 0 Å². The van der Waals surface area contributed by atoms with Crippen LogP contribution < -0.4 is 4.90 Å². The van der Waals surface area contributed by atoms with Crippen molar-refractivity contribution < 1.29 is 14.0 Å². The number of para-hydroxylation sites is 1. The minimum absolute atomic E-state index is 0.0166. The maximum Gasteiger partial charge on any atom is 0.283 e. The van der Waals surface area contributed by atoms with Crippen LogP contribution in [-0.4, -0.2) is 40.7 Å². The molecule has 0 bridgehead atoms. The number of nitrogens with zero attached hydrogens (tertiary/aromatic N) is 3. The maximum absolute atomic E-state index is 14.6. The van der Waals surface area contributed by atoms with Crippen molar-refractivity contribution in [2.24, 2.45) is 10.9 Å². The minimum Gasteiger partial charge on any atom is -0.342 e. The van der Waals surface area contributed by atoms with Crippen LogP contribution in [0.5, 0.6) is 0 Å². The molecule has 0 aromatic heterocycles. The van der Waals surface area contributed by atoms with Crippen molar-refractivity contribution in [2.75, 3.05) is 23.7 Å². The van der Waals surface area contributed by atoms with Gasteiger partial charge in [-0.15, -0.1) is 0 Å². The molecule has 4 rings (SSSR count). The number of carbonyl (C=O) groups is 2. The van der Waals surface area contributed by atoms with E-state index < -0.39 is 11.7 Å². The molecule has 2 aromatic rings. The van der Waals surface area contributed by atoms with Gasteiger partial charge in [0.1, 0.15) is 11.5 Å². The summed E-state index contributed by atoms with van der Waals surface area (Å²) in [5.41, 5.74) is 0.845. The van der Waals surface area contributed by atoms with Crippen LogP contribution in [0, 0.1) is 11.7 Å². The molecule has 0 N–H and O–H groups in total. The summed E-state index contributed by atoms with van der Waals surface area (Å²) in [5.74, 6) is -0.464. The Bertz CT molecular complexity index is 1150. The number of hydrogen-bond donors (Lipinski definition) is 0. The summed E-state index contributed by atoms with van der Waals surface area (Å²) in [7, 11) is 0. The Hall–Kier alpha value is -2.35. The molecule has 33 heavy (non-hydrogen) atoms. The van der Waals surface area contributed by atoms with E-state index in [4.69, 9.17) is 23.2 Å². The number of amides is 2. The van der Waals surface area contributed by atoms with Crippen LogP contribution in [0.3, 0.4) is 0 Å². The Morgan fingerprint density at radius 1 is 1.24 bits per heavy atom. The number of anilines is 1. The normalized spacial score (nSPS) is 19.9. The number of benzene rings is 2. The van der Waals surface area contributed by atoms with E-state index in [0.29, 0.717) is 21.5 Å². The van der Waals surface area contributed by atoms with Gasteiger partial charge >= 0.3 is 0 Å². The van der Waals surface area contributed by atoms with Crippen molar-refractivity contribution in [3.05, 3.63) is 69.6 Å². The second-order valence-corrected chi connectivity index (χ2v) is 9.82. The first-order valence-electron chi connectivity index (χ1n) is 10.6. The third-order valence-electron chi connectivity index (χ3n) is 5.50. The van der Waals surface area contributed by atoms with Crippen molar-refractivity contribution in [1.82, 2.24) is 4.90 Å². The van der Waals surface area contributed by atoms with E-state index in [0.717, 1.165) is 37.7 Å². The molecule has 0 aliphatic carbocycles. The zero-order chi connectivity index (χ0) is 23.5. The Labute approximate surface area is 206 Å². The lowest BCUT2D eigenvalue weighted by Gasteiger charge is -2.31. The van der Waals surface area contributed by atoms with Gasteiger partial charge in [0, 0.05) is 13.1 Å². The molecule has 1 saturated heterocycles. The molecule has 1 fully saturated rings. The van der Waals surface area contributed by atoms with E-state index in [1.54, 1.807) is 36.4 Å². The molecule has 1 atom stereocenters. The SMILES string of the molecule is CC1CCCN(C(=O)CSC2=N/C(=C/c3ccc(Cl)c(Cl)c3)C(=O)N2c2ccccc2F)C1. The highest BCUT2D eigenvalue weighted by Gasteiger charge is 2.34. The Morgan fingerprint density at radius 2 is 2.03 bits per heavy atom. The maximum atomic E-state index is 14.6. The van der Waals surface area contributed by atoms with Gasteiger partial charge < -0.3 is 4.90 Å². The highest BCUT2D eigenvalue weighted by Crippen LogP contribution is 2.32. The summed E-state index contributed by atoms with van der Waals surface area (Å²) in [4.78, 5) is 33.5. The van der Waals surface area contributed by atoms with Crippen LogP contribution in [0.1, 0.15) is 25.3 Å². The van der Waals surface area contributed by atoms with Crippen LogP contribution in [0.25, 0.3) is 6.08 Å². The molecule has 2 aliphatic heterocycles. The fourth-order valence-corrected chi connectivity index (χ4v) is 5.05. The fraction of sp³-hybridized carbons (Fsp3) is 0.292. The lowest BCUT2D eigenvalue weighted by atomic mass is 10.0. The zero-order valence-electron chi connectivity index (χ0n) is 17.9. The molecule has 2 amide bonds. The van der Waals surface area contributed by atoms with E-state index in [2.05, 4.69) is 11.9 Å². The highest BCUT2D eigenvalue weighted by atomic mass is 35.5. The van der Waals surface area contributed by atoms with Gasteiger partial charge in [0.05, 0.1) is 21.5 Å². The fourth-order valence-electron chi connectivity index (χ4n) is 3.83. The summed E-state index contributed by atoms with van der Waals surface area (Å²) in [6, 6.07) is 11.0. The molecule has 172 valence electrons. The number of rotatable bonds is 4. The highest BCUT2D eigenvalue weighted by molar-refractivity contribution is 8.14. The van der Waals surface area contributed by atoms with Crippen LogP contribution >= 0.6 is 35.0 Å². The Morgan fingerprint density at radius 3 is 2.76 bits per heavy atom. The average Bonchev–Trinajstić information content (AvgIpc) is 3.10. The molecular formula is C24H22Cl2FN3O2S. The van der Waals surface area contributed by atoms with Crippen molar-refractivity contribution in [1.29, 1.82) is 0 Å². The minimum atomic E-state index is -0.550. The summed E-state index contributed by atoms with van der Waals surface area (Å²) < 4.78 is 14.6. The van der Waals surface area contributed by atoms with E-state index >= 15 is 0 Å². The molecule has 2 heterocycles. The number of piperidine rings is 1. The smallest absolute Gasteiger partial charge is 0.283 e. The van der Waals surface area contributed by atoms with Crippen LogP contribution in [0.15, 0.2) is 53.2 Å². The summed E-state index contributed by atoms with van der Waals surface area (Å²) >= 11 is 13.2. The molecule has 0 radical (unpaired) electrons. The van der Waals surface area contributed by atoms with Gasteiger partial charge in [0.25, 0.3) is 5.91 Å². The standard InChI is InChI=1S/C24H22Cl2FN3O2S/c1-15-5-4-10-29(13-15)22(31)14-33-24-28-20(12-16-8-9-17(25)18(26)11-16)23(32)30(24)21-7-3-2-6-19(21)27/h2-3,6-9,11-12,15H,4-5,10,13-14H2,1H3/b20-12+. The van der Waals surface area contributed by atoms with Crippen LogP contribution in [-0.2, 0) is 9.59 Å². The lowest BCUT2D eigenvalue weighted by molar-refractivity contribution is -0.130. The molecule has 2 aliphatic rings. The number of aliphatic imine (C=N–C) groups is 1. The van der Waals surface area contributed by atoms with Gasteiger partial charge in [0.2, 0.25) is 5.91 Å². The Balaban J connectivity index is 1.61. The quantitative estimate of drug-likeness (QED) is 0.488. The van der Waals surface area contributed by atoms with Gasteiger partial charge in [-0.1, -0.05) is 60.1 Å². The first kappa shape index (κ1) is 23.8. The molecule has 5 nitrogen and oxygen atoms in total. The molecule has 0 saturated carbocycles. The third-order valence-corrected chi connectivity index (χ3v) is 7.17. The predicted molar refractivity (Wildman–Crippen MR) is 133 cm³/mol. The predicted octanol–water partition coefficient (Wildman–Crippen LogP) is 5.87. The van der Waals surface area contributed by atoms with E-state index in [1.807, 2.05) is 4.90 Å². The van der Waals surface area contributed by atoms with Crippen LogP contribution in [0.4, 0.5) is 10.1 Å². The van der Waals surface area contributed by atoms with E-state index in [-0.39, 0.29) is 28.2 Å². The first-order chi connectivity index (χ1) is 15.8. The van der Waals surface area contributed by atoms with Gasteiger partial charge in [0.15, 0.2) is 5.17 Å².